The standard InChI is InChI=1S/C7H17N3O/c8-9-3-5-10-4-1-2-7(11)6-10/h7,9,11H,1-6,8H2. The molecule has 1 fully saturated rings. The molecule has 1 heterocycles. The number of piperidine rings is 1. The number of rotatable bonds is 3. The zero-order chi connectivity index (χ0) is 8.10. The van der Waals surface area contributed by atoms with Crippen LogP contribution < -0.4 is 11.3 Å². The Hall–Kier alpha value is -0.160. The lowest BCUT2D eigenvalue weighted by Crippen LogP contribution is -2.42. The van der Waals surface area contributed by atoms with Gasteiger partial charge in [0.25, 0.3) is 0 Å². The molecular formula is C7H17N3O. The van der Waals surface area contributed by atoms with Crippen LogP contribution in [0.1, 0.15) is 12.8 Å². The quantitative estimate of drug-likeness (QED) is 0.361. The lowest BCUT2D eigenvalue weighted by molar-refractivity contribution is 0.0713. The van der Waals surface area contributed by atoms with Gasteiger partial charge in [-0.05, 0) is 19.4 Å². The van der Waals surface area contributed by atoms with E-state index in [-0.39, 0.29) is 6.10 Å². The molecule has 0 aromatic rings. The van der Waals surface area contributed by atoms with Gasteiger partial charge >= 0.3 is 0 Å². The number of aliphatic hydroxyl groups excluding tert-OH is 1. The van der Waals surface area contributed by atoms with Crippen molar-refractivity contribution in [2.45, 2.75) is 18.9 Å². The Morgan fingerprint density at radius 3 is 3.09 bits per heavy atom. The van der Waals surface area contributed by atoms with E-state index in [0.29, 0.717) is 0 Å². The molecule has 1 atom stereocenters. The SMILES string of the molecule is NNCCN1CCCC(O)C1. The number of nitrogens with two attached hydrogens (primary N) is 1. The van der Waals surface area contributed by atoms with Crippen molar-refractivity contribution in [1.82, 2.24) is 10.3 Å². The predicted molar refractivity (Wildman–Crippen MR) is 43.9 cm³/mol. The van der Waals surface area contributed by atoms with Crippen LogP contribution in [-0.4, -0.2) is 42.3 Å². The number of nitrogens with zero attached hydrogens (tertiary/aromatic N) is 1. The smallest absolute Gasteiger partial charge is 0.0667 e. The third kappa shape index (κ3) is 3.16. The lowest BCUT2D eigenvalue weighted by Gasteiger charge is -2.29. The third-order valence-corrected chi connectivity index (χ3v) is 2.05. The number of hydrogen-bond acceptors (Lipinski definition) is 4. The van der Waals surface area contributed by atoms with E-state index in [0.717, 1.165) is 39.0 Å². The Morgan fingerprint density at radius 2 is 2.45 bits per heavy atom. The van der Waals surface area contributed by atoms with E-state index in [9.17, 15) is 5.11 Å². The maximum atomic E-state index is 9.29. The second-order valence-corrected chi connectivity index (χ2v) is 3.05. The van der Waals surface area contributed by atoms with Crippen molar-refractivity contribution in [1.29, 1.82) is 0 Å². The summed E-state index contributed by atoms with van der Waals surface area (Å²) < 4.78 is 0. The lowest BCUT2D eigenvalue weighted by atomic mass is 10.1. The topological polar surface area (TPSA) is 61.5 Å². The van der Waals surface area contributed by atoms with Crippen molar-refractivity contribution in [3.8, 4) is 0 Å². The normalized spacial score (nSPS) is 27.3. The minimum absolute atomic E-state index is 0.124. The molecule has 4 N–H and O–H groups in total. The summed E-state index contributed by atoms with van der Waals surface area (Å²) >= 11 is 0. The molecule has 0 amide bonds. The summed E-state index contributed by atoms with van der Waals surface area (Å²) in [7, 11) is 0. The Balaban J connectivity index is 2.12. The van der Waals surface area contributed by atoms with Gasteiger partial charge in [0.1, 0.15) is 0 Å². The average Bonchev–Trinajstić information content (AvgIpc) is 2.01. The molecule has 11 heavy (non-hydrogen) atoms. The van der Waals surface area contributed by atoms with E-state index in [1.54, 1.807) is 0 Å². The molecule has 1 aliphatic heterocycles. The highest BCUT2D eigenvalue weighted by atomic mass is 16.3. The molecule has 0 bridgehead atoms. The molecule has 0 radical (unpaired) electrons. The van der Waals surface area contributed by atoms with Gasteiger partial charge in [-0.1, -0.05) is 0 Å². The Morgan fingerprint density at radius 1 is 1.64 bits per heavy atom. The van der Waals surface area contributed by atoms with Crippen LogP contribution in [0.2, 0.25) is 0 Å². The summed E-state index contributed by atoms with van der Waals surface area (Å²) in [6.07, 6.45) is 1.93. The number of hydrogen-bond donors (Lipinski definition) is 3. The van der Waals surface area contributed by atoms with Crippen molar-refractivity contribution < 1.29 is 5.11 Å². The highest BCUT2D eigenvalue weighted by Gasteiger charge is 2.16. The van der Waals surface area contributed by atoms with Crippen LogP contribution in [0.4, 0.5) is 0 Å². The van der Waals surface area contributed by atoms with Gasteiger partial charge < -0.3 is 5.11 Å². The van der Waals surface area contributed by atoms with Crippen LogP contribution >= 0.6 is 0 Å². The van der Waals surface area contributed by atoms with Gasteiger partial charge in [0.2, 0.25) is 0 Å². The molecule has 4 nitrogen and oxygen atoms in total. The fraction of sp³-hybridized carbons (Fsp3) is 1.00. The minimum Gasteiger partial charge on any atom is -0.392 e. The minimum atomic E-state index is -0.124. The van der Waals surface area contributed by atoms with Gasteiger partial charge in [0.15, 0.2) is 0 Å². The maximum Gasteiger partial charge on any atom is 0.0667 e. The first-order valence-corrected chi connectivity index (χ1v) is 4.17. The second kappa shape index (κ2) is 4.66. The summed E-state index contributed by atoms with van der Waals surface area (Å²) in [5.74, 6) is 5.14. The largest absolute Gasteiger partial charge is 0.392 e. The first-order valence-electron chi connectivity index (χ1n) is 4.17. The molecule has 1 saturated heterocycles. The number of aliphatic hydroxyl groups is 1. The summed E-state index contributed by atoms with van der Waals surface area (Å²) in [6.45, 7) is 3.64. The fourth-order valence-electron chi connectivity index (χ4n) is 1.46. The molecule has 1 rings (SSSR count). The summed E-state index contributed by atoms with van der Waals surface area (Å²) in [5.41, 5.74) is 2.61. The van der Waals surface area contributed by atoms with E-state index in [1.807, 2.05) is 0 Å². The van der Waals surface area contributed by atoms with Gasteiger partial charge in [-0.3, -0.25) is 16.2 Å². The zero-order valence-corrected chi connectivity index (χ0v) is 6.79. The van der Waals surface area contributed by atoms with Crippen LogP contribution in [-0.2, 0) is 0 Å². The molecule has 1 aliphatic rings. The van der Waals surface area contributed by atoms with Crippen LogP contribution in [0.5, 0.6) is 0 Å². The number of β-amino-alcohol motifs (C(OH)–C–C–N with tert-alkyl or cyclic N) is 1. The van der Waals surface area contributed by atoms with Crippen molar-refractivity contribution >= 4 is 0 Å². The Labute approximate surface area is 67.3 Å². The van der Waals surface area contributed by atoms with Crippen LogP contribution in [0.3, 0.4) is 0 Å². The number of hydrazine groups is 1. The van der Waals surface area contributed by atoms with Crippen LogP contribution in [0.25, 0.3) is 0 Å². The van der Waals surface area contributed by atoms with Crippen LogP contribution in [0.15, 0.2) is 0 Å². The molecule has 0 saturated carbocycles. The first kappa shape index (κ1) is 8.93. The second-order valence-electron chi connectivity index (χ2n) is 3.05. The first-order chi connectivity index (χ1) is 5.33. The molecular weight excluding hydrogens is 142 g/mol. The fourth-order valence-corrected chi connectivity index (χ4v) is 1.46. The third-order valence-electron chi connectivity index (χ3n) is 2.05. The molecule has 0 aliphatic carbocycles. The average molecular weight is 159 g/mol. The molecule has 66 valence electrons. The maximum absolute atomic E-state index is 9.29. The highest BCUT2D eigenvalue weighted by Crippen LogP contribution is 2.08. The van der Waals surface area contributed by atoms with Gasteiger partial charge in [0, 0.05) is 19.6 Å². The molecule has 0 spiro atoms. The van der Waals surface area contributed by atoms with Gasteiger partial charge in [-0.25, -0.2) is 0 Å². The van der Waals surface area contributed by atoms with Crippen molar-refractivity contribution in [3.63, 3.8) is 0 Å². The molecule has 0 aromatic heterocycles. The van der Waals surface area contributed by atoms with Crippen molar-refractivity contribution in [3.05, 3.63) is 0 Å². The number of likely N-dealkylation sites (tertiary alicyclic amines) is 1. The van der Waals surface area contributed by atoms with Crippen molar-refractivity contribution in [2.75, 3.05) is 26.2 Å². The molecule has 4 heteroatoms. The van der Waals surface area contributed by atoms with Gasteiger partial charge in [0.05, 0.1) is 6.10 Å². The van der Waals surface area contributed by atoms with E-state index < -0.39 is 0 Å². The van der Waals surface area contributed by atoms with E-state index in [1.165, 1.54) is 0 Å². The van der Waals surface area contributed by atoms with E-state index >= 15 is 0 Å². The Bertz CT molecular complexity index is 110. The predicted octanol–water partition coefficient (Wildman–Crippen LogP) is -1.09. The van der Waals surface area contributed by atoms with Gasteiger partial charge in [-0.15, -0.1) is 0 Å². The highest BCUT2D eigenvalue weighted by molar-refractivity contribution is 4.71. The van der Waals surface area contributed by atoms with Gasteiger partial charge in [-0.2, -0.15) is 0 Å². The van der Waals surface area contributed by atoms with E-state index in [2.05, 4.69) is 10.3 Å². The molecule has 1 unspecified atom stereocenters. The zero-order valence-electron chi connectivity index (χ0n) is 6.79. The molecule has 0 aromatic carbocycles. The summed E-state index contributed by atoms with van der Waals surface area (Å²) in [6, 6.07) is 0. The summed E-state index contributed by atoms with van der Waals surface area (Å²) in [4.78, 5) is 2.23. The van der Waals surface area contributed by atoms with E-state index in [4.69, 9.17) is 5.84 Å². The monoisotopic (exact) mass is 159 g/mol. The summed E-state index contributed by atoms with van der Waals surface area (Å²) in [5, 5.41) is 9.29. The number of nitrogens with one attached hydrogen (secondary N) is 1. The van der Waals surface area contributed by atoms with Crippen molar-refractivity contribution in [2.24, 2.45) is 5.84 Å². The Kier molecular flexibility index (Phi) is 3.79. The van der Waals surface area contributed by atoms with Crippen LogP contribution in [0, 0.1) is 0 Å².